The molecule has 0 aliphatic heterocycles. The first-order chi connectivity index (χ1) is 9.83. The molecule has 3 rings (SSSR count). The van der Waals surface area contributed by atoms with E-state index in [0.29, 0.717) is 0 Å². The minimum absolute atomic E-state index is 0.933. The summed E-state index contributed by atoms with van der Waals surface area (Å²) in [5.41, 5.74) is 1.28. The van der Waals surface area contributed by atoms with Crippen LogP contribution >= 0.6 is 0 Å². The first-order valence-electron chi connectivity index (χ1n) is 8.33. The molecule has 0 radical (unpaired) electrons. The summed E-state index contributed by atoms with van der Waals surface area (Å²) in [6, 6.07) is 2.23. The van der Waals surface area contributed by atoms with E-state index in [-0.39, 0.29) is 0 Å². The summed E-state index contributed by atoms with van der Waals surface area (Å²) in [4.78, 5) is 2.62. The third-order valence-electron chi connectivity index (χ3n) is 4.27. The molecule has 2 aliphatic rings. The maximum absolute atomic E-state index is 5.75. The molecule has 0 unspecified atom stereocenters. The van der Waals surface area contributed by atoms with Gasteiger partial charge in [-0.3, -0.25) is 4.90 Å². The van der Waals surface area contributed by atoms with Gasteiger partial charge in [0, 0.05) is 25.2 Å². The van der Waals surface area contributed by atoms with Gasteiger partial charge in [0.05, 0.1) is 12.8 Å². The van der Waals surface area contributed by atoms with Crippen LogP contribution in [0.15, 0.2) is 16.7 Å². The number of rotatable bonds is 10. The van der Waals surface area contributed by atoms with Crippen LogP contribution in [0.3, 0.4) is 0 Å². The highest BCUT2D eigenvalue weighted by molar-refractivity contribution is 5.12. The van der Waals surface area contributed by atoms with E-state index in [9.17, 15) is 0 Å². The lowest BCUT2D eigenvalue weighted by atomic mass is 10.2. The zero-order valence-corrected chi connectivity index (χ0v) is 12.7. The van der Waals surface area contributed by atoms with E-state index < -0.39 is 0 Å². The lowest BCUT2D eigenvalue weighted by Crippen LogP contribution is -2.27. The van der Waals surface area contributed by atoms with E-state index in [4.69, 9.17) is 4.42 Å². The summed E-state index contributed by atoms with van der Waals surface area (Å²) >= 11 is 0. The summed E-state index contributed by atoms with van der Waals surface area (Å²) in [6.45, 7) is 7.77. The highest BCUT2D eigenvalue weighted by atomic mass is 16.3. The maximum atomic E-state index is 5.75. The summed E-state index contributed by atoms with van der Waals surface area (Å²) in [5.74, 6) is 3.07. The predicted molar refractivity (Wildman–Crippen MR) is 81.4 cm³/mol. The van der Waals surface area contributed by atoms with Crippen molar-refractivity contribution in [2.75, 3.05) is 19.6 Å². The van der Waals surface area contributed by atoms with Crippen LogP contribution in [-0.2, 0) is 13.1 Å². The van der Waals surface area contributed by atoms with E-state index in [0.717, 1.165) is 37.2 Å². The first kappa shape index (κ1) is 14.2. The molecule has 0 bridgehead atoms. The Kier molecular flexibility index (Phi) is 4.79. The Morgan fingerprint density at radius 1 is 1.20 bits per heavy atom. The van der Waals surface area contributed by atoms with E-state index in [1.807, 2.05) is 6.26 Å². The summed E-state index contributed by atoms with van der Waals surface area (Å²) < 4.78 is 5.75. The largest absolute Gasteiger partial charge is 0.468 e. The van der Waals surface area contributed by atoms with Crippen molar-refractivity contribution in [2.24, 2.45) is 11.8 Å². The van der Waals surface area contributed by atoms with Crippen molar-refractivity contribution >= 4 is 0 Å². The minimum Gasteiger partial charge on any atom is -0.468 e. The van der Waals surface area contributed by atoms with Crippen LogP contribution in [0.25, 0.3) is 0 Å². The van der Waals surface area contributed by atoms with Gasteiger partial charge in [-0.25, -0.2) is 0 Å². The highest BCUT2D eigenvalue weighted by Gasteiger charge is 2.29. The van der Waals surface area contributed by atoms with Gasteiger partial charge in [-0.2, -0.15) is 0 Å². The molecular formula is C17H28N2O. The van der Waals surface area contributed by atoms with E-state index in [1.54, 1.807) is 0 Å². The average Bonchev–Trinajstić information content (AvgIpc) is 3.34. The van der Waals surface area contributed by atoms with Crippen LogP contribution < -0.4 is 5.32 Å². The van der Waals surface area contributed by atoms with Crippen molar-refractivity contribution in [3.05, 3.63) is 23.7 Å². The Balaban J connectivity index is 1.48. The molecule has 3 heteroatoms. The van der Waals surface area contributed by atoms with Gasteiger partial charge < -0.3 is 9.73 Å². The normalized spacial score (nSPS) is 18.9. The van der Waals surface area contributed by atoms with Gasteiger partial charge in [0.1, 0.15) is 5.76 Å². The fraction of sp³-hybridized carbons (Fsp3) is 0.765. The van der Waals surface area contributed by atoms with Gasteiger partial charge in [0.15, 0.2) is 0 Å². The van der Waals surface area contributed by atoms with Crippen molar-refractivity contribution in [1.29, 1.82) is 0 Å². The summed E-state index contributed by atoms with van der Waals surface area (Å²) in [5, 5.41) is 3.43. The van der Waals surface area contributed by atoms with Crippen LogP contribution in [0.1, 0.15) is 50.4 Å². The van der Waals surface area contributed by atoms with Crippen molar-refractivity contribution in [1.82, 2.24) is 10.2 Å². The molecule has 1 heterocycles. The van der Waals surface area contributed by atoms with Crippen molar-refractivity contribution in [3.63, 3.8) is 0 Å². The Bertz CT molecular complexity index is 393. The number of hydrogen-bond donors (Lipinski definition) is 1. The van der Waals surface area contributed by atoms with Crippen molar-refractivity contribution in [3.8, 4) is 0 Å². The highest BCUT2D eigenvalue weighted by Crippen LogP contribution is 2.34. The number of furan rings is 1. The molecule has 0 spiro atoms. The Morgan fingerprint density at radius 2 is 1.90 bits per heavy atom. The molecule has 0 aromatic carbocycles. The number of nitrogens with one attached hydrogen (secondary N) is 1. The smallest absolute Gasteiger partial charge is 0.118 e. The average molecular weight is 276 g/mol. The monoisotopic (exact) mass is 276 g/mol. The van der Waals surface area contributed by atoms with Gasteiger partial charge in [-0.05, 0) is 56.6 Å². The predicted octanol–water partition coefficient (Wildman–Crippen LogP) is 3.40. The van der Waals surface area contributed by atoms with Gasteiger partial charge in [-0.15, -0.1) is 0 Å². The third kappa shape index (κ3) is 4.64. The molecule has 0 atom stereocenters. The molecule has 1 aromatic heterocycles. The van der Waals surface area contributed by atoms with Crippen LogP contribution in [0.2, 0.25) is 0 Å². The standard InChI is InChI=1S/C17H28N2O/c1-2-7-18-9-16-8-17(20-13-16)12-19(10-14-3-4-14)11-15-5-6-15/h8,13-15,18H,2-7,9-12H2,1H3. The Morgan fingerprint density at radius 3 is 2.50 bits per heavy atom. The molecule has 2 saturated carbocycles. The molecule has 0 saturated heterocycles. The second-order valence-corrected chi connectivity index (χ2v) is 6.68. The minimum atomic E-state index is 0.933. The van der Waals surface area contributed by atoms with Gasteiger partial charge in [0.25, 0.3) is 0 Å². The lowest BCUT2D eigenvalue weighted by Gasteiger charge is -2.20. The second-order valence-electron chi connectivity index (χ2n) is 6.68. The quantitative estimate of drug-likeness (QED) is 0.664. The van der Waals surface area contributed by atoms with Crippen LogP contribution in [0, 0.1) is 11.8 Å². The molecule has 3 nitrogen and oxygen atoms in total. The zero-order chi connectivity index (χ0) is 13.8. The topological polar surface area (TPSA) is 28.4 Å². The lowest BCUT2D eigenvalue weighted by molar-refractivity contribution is 0.225. The molecule has 112 valence electrons. The fourth-order valence-corrected chi connectivity index (χ4v) is 2.77. The molecule has 1 aromatic rings. The van der Waals surface area contributed by atoms with Gasteiger partial charge in [0.2, 0.25) is 0 Å². The molecule has 1 N–H and O–H groups in total. The number of hydrogen-bond acceptors (Lipinski definition) is 3. The second kappa shape index (κ2) is 6.77. The van der Waals surface area contributed by atoms with Crippen LogP contribution in [0.5, 0.6) is 0 Å². The summed E-state index contributed by atoms with van der Waals surface area (Å²) in [6.07, 6.45) is 8.85. The Hall–Kier alpha value is -0.800. The molecule has 0 amide bonds. The first-order valence-corrected chi connectivity index (χ1v) is 8.33. The fourth-order valence-electron chi connectivity index (χ4n) is 2.77. The van der Waals surface area contributed by atoms with E-state index in [1.165, 1.54) is 50.8 Å². The molecule has 20 heavy (non-hydrogen) atoms. The SMILES string of the molecule is CCCNCc1coc(CN(CC2CC2)CC2CC2)c1. The molecular weight excluding hydrogens is 248 g/mol. The van der Waals surface area contributed by atoms with Crippen molar-refractivity contribution in [2.45, 2.75) is 52.1 Å². The van der Waals surface area contributed by atoms with E-state index >= 15 is 0 Å². The van der Waals surface area contributed by atoms with E-state index in [2.05, 4.69) is 23.2 Å². The van der Waals surface area contributed by atoms with Gasteiger partial charge >= 0.3 is 0 Å². The Labute approximate surface area is 122 Å². The van der Waals surface area contributed by atoms with Crippen LogP contribution in [0.4, 0.5) is 0 Å². The molecule has 2 fully saturated rings. The summed E-state index contributed by atoms with van der Waals surface area (Å²) in [7, 11) is 0. The van der Waals surface area contributed by atoms with Gasteiger partial charge in [-0.1, -0.05) is 6.92 Å². The van der Waals surface area contributed by atoms with Crippen molar-refractivity contribution < 1.29 is 4.42 Å². The maximum Gasteiger partial charge on any atom is 0.118 e. The zero-order valence-electron chi connectivity index (χ0n) is 12.7. The van der Waals surface area contributed by atoms with Crippen LogP contribution in [-0.4, -0.2) is 24.5 Å². The number of nitrogens with zero attached hydrogens (tertiary/aromatic N) is 1. The molecule has 2 aliphatic carbocycles. The third-order valence-corrected chi connectivity index (χ3v) is 4.27.